The minimum absolute atomic E-state index is 0.0180. The highest BCUT2D eigenvalue weighted by atomic mass is 35.5. The fraction of sp³-hybridized carbons (Fsp3) is 0.278. The van der Waals surface area contributed by atoms with Crippen molar-refractivity contribution in [2.75, 3.05) is 19.7 Å². The quantitative estimate of drug-likeness (QED) is 0.704. The van der Waals surface area contributed by atoms with Crippen molar-refractivity contribution in [1.29, 1.82) is 0 Å². The number of benzene rings is 2. The first-order valence-electron chi connectivity index (χ1n) is 7.78. The summed E-state index contributed by atoms with van der Waals surface area (Å²) in [4.78, 5) is 11.9. The smallest absolute Gasteiger partial charge is 0.275 e. The van der Waals surface area contributed by atoms with E-state index in [9.17, 15) is 4.79 Å². The summed E-state index contributed by atoms with van der Waals surface area (Å²) in [5.74, 6) is 0.715. The van der Waals surface area contributed by atoms with Crippen molar-refractivity contribution in [3.8, 4) is 5.75 Å². The summed E-state index contributed by atoms with van der Waals surface area (Å²) >= 11 is 11.7. The van der Waals surface area contributed by atoms with Crippen LogP contribution in [0.4, 0.5) is 0 Å². The van der Waals surface area contributed by atoms with Gasteiger partial charge >= 0.3 is 0 Å². The van der Waals surface area contributed by atoms with Gasteiger partial charge in [-0.1, -0.05) is 35.3 Å². The Morgan fingerprint density at radius 2 is 1.67 bits per heavy atom. The number of hydrogen-bond acceptors (Lipinski definition) is 2. The Morgan fingerprint density at radius 1 is 1.08 bits per heavy atom. The third kappa shape index (κ3) is 6.40. The minimum Gasteiger partial charge on any atom is -0.492 e. The molecule has 0 aliphatic heterocycles. The summed E-state index contributed by atoms with van der Waals surface area (Å²) in [6.45, 7) is 3.30. The Balaban J connectivity index is 1.62. The van der Waals surface area contributed by atoms with Crippen molar-refractivity contribution >= 4 is 29.1 Å². The molecule has 2 aromatic carbocycles. The predicted molar refractivity (Wildman–Crippen MR) is 96.6 cm³/mol. The molecule has 0 heterocycles. The zero-order chi connectivity index (χ0) is 17.4. The molecule has 0 radical (unpaired) electrons. The van der Waals surface area contributed by atoms with E-state index < -0.39 is 0 Å². The Kier molecular flexibility index (Phi) is 7.37. The first kappa shape index (κ1) is 18.6. The number of nitrogens with two attached hydrogens (primary N) is 1. The molecule has 0 fully saturated rings. The zero-order valence-electron chi connectivity index (χ0n) is 13.5. The second-order valence-electron chi connectivity index (χ2n) is 5.43. The maximum Gasteiger partial charge on any atom is 0.275 e. The molecule has 0 aliphatic rings. The lowest BCUT2D eigenvalue weighted by molar-refractivity contribution is -0.682. The molecule has 0 aliphatic carbocycles. The molecule has 0 unspecified atom stereocenters. The van der Waals surface area contributed by atoms with Crippen LogP contribution in [0.1, 0.15) is 18.5 Å². The van der Waals surface area contributed by atoms with Crippen molar-refractivity contribution in [2.24, 2.45) is 0 Å². The second kappa shape index (κ2) is 9.52. The highest BCUT2D eigenvalue weighted by Crippen LogP contribution is 2.15. The van der Waals surface area contributed by atoms with Crippen molar-refractivity contribution in [1.82, 2.24) is 5.32 Å². The molecule has 6 heteroatoms. The number of hydrogen-bond donors (Lipinski definition) is 2. The van der Waals surface area contributed by atoms with Crippen molar-refractivity contribution in [3.63, 3.8) is 0 Å². The van der Waals surface area contributed by atoms with Crippen LogP contribution in [-0.4, -0.2) is 25.6 Å². The predicted octanol–water partition coefficient (Wildman–Crippen LogP) is 2.81. The molecule has 0 aromatic heterocycles. The molecule has 4 nitrogen and oxygen atoms in total. The molecule has 1 amide bonds. The van der Waals surface area contributed by atoms with E-state index in [0.29, 0.717) is 29.7 Å². The lowest BCUT2D eigenvalue weighted by Crippen LogP contribution is -2.87. The van der Waals surface area contributed by atoms with E-state index >= 15 is 0 Å². The highest BCUT2D eigenvalue weighted by molar-refractivity contribution is 6.30. The molecule has 128 valence electrons. The van der Waals surface area contributed by atoms with Crippen LogP contribution >= 0.6 is 23.2 Å². The lowest BCUT2D eigenvalue weighted by atomic mass is 10.1. The number of carbonyl (C=O) groups is 1. The molecule has 0 bridgehead atoms. The van der Waals surface area contributed by atoms with Gasteiger partial charge in [0.1, 0.15) is 18.4 Å². The molecular formula is C18H21Cl2N2O2+. The van der Waals surface area contributed by atoms with Gasteiger partial charge in [0.05, 0.1) is 6.54 Å². The van der Waals surface area contributed by atoms with Crippen LogP contribution in [0.25, 0.3) is 0 Å². The molecular weight excluding hydrogens is 347 g/mol. The summed E-state index contributed by atoms with van der Waals surface area (Å²) in [6.07, 6.45) is 0. The molecule has 0 saturated carbocycles. The molecule has 0 spiro atoms. The van der Waals surface area contributed by atoms with Gasteiger partial charge in [0, 0.05) is 15.6 Å². The number of rotatable bonds is 8. The molecule has 0 saturated heterocycles. The van der Waals surface area contributed by atoms with Crippen LogP contribution < -0.4 is 15.4 Å². The Hall–Kier alpha value is -1.75. The fourth-order valence-corrected chi connectivity index (χ4v) is 2.40. The average molecular weight is 368 g/mol. The lowest BCUT2D eigenvalue weighted by Gasteiger charge is -2.11. The monoisotopic (exact) mass is 367 g/mol. The Bertz CT molecular complexity index is 645. The standard InChI is InChI=1S/C18H20Cl2N2O2/c1-13(14-2-4-15(19)5-3-14)22-12-18(23)21-10-11-24-17-8-6-16(20)7-9-17/h2-9,13,22H,10-12H2,1H3,(H,21,23)/p+1/t13-/m0/s1. The number of halogens is 2. The van der Waals surface area contributed by atoms with E-state index in [-0.39, 0.29) is 11.9 Å². The van der Waals surface area contributed by atoms with Crippen LogP contribution in [0.15, 0.2) is 48.5 Å². The normalized spacial score (nSPS) is 11.8. The first-order valence-corrected chi connectivity index (χ1v) is 8.54. The van der Waals surface area contributed by atoms with Crippen molar-refractivity contribution in [3.05, 3.63) is 64.1 Å². The number of ether oxygens (including phenoxy) is 1. The molecule has 2 aromatic rings. The second-order valence-corrected chi connectivity index (χ2v) is 6.31. The zero-order valence-corrected chi connectivity index (χ0v) is 15.0. The van der Waals surface area contributed by atoms with Crippen molar-refractivity contribution in [2.45, 2.75) is 13.0 Å². The number of amides is 1. The first-order chi connectivity index (χ1) is 11.5. The number of nitrogens with one attached hydrogen (secondary N) is 1. The molecule has 3 N–H and O–H groups in total. The van der Waals surface area contributed by atoms with Crippen LogP contribution in [0, 0.1) is 0 Å². The van der Waals surface area contributed by atoms with Gasteiger partial charge in [-0.25, -0.2) is 0 Å². The van der Waals surface area contributed by atoms with Gasteiger partial charge in [-0.3, -0.25) is 4.79 Å². The topological polar surface area (TPSA) is 54.9 Å². The van der Waals surface area contributed by atoms with Gasteiger partial charge in [-0.2, -0.15) is 0 Å². The summed E-state index contributed by atoms with van der Waals surface area (Å²) < 4.78 is 5.52. The fourth-order valence-electron chi connectivity index (χ4n) is 2.15. The van der Waals surface area contributed by atoms with E-state index in [1.165, 1.54) is 0 Å². The summed E-state index contributed by atoms with van der Waals surface area (Å²) in [6, 6.07) is 15.0. The average Bonchev–Trinajstić information content (AvgIpc) is 2.59. The van der Waals surface area contributed by atoms with Gasteiger partial charge in [0.15, 0.2) is 6.54 Å². The van der Waals surface area contributed by atoms with Crippen LogP contribution in [0.3, 0.4) is 0 Å². The summed E-state index contributed by atoms with van der Waals surface area (Å²) in [7, 11) is 0. The number of carbonyl (C=O) groups excluding carboxylic acids is 1. The molecule has 2 rings (SSSR count). The SMILES string of the molecule is C[C@H]([NH2+]CC(=O)NCCOc1ccc(Cl)cc1)c1ccc(Cl)cc1. The molecule has 1 atom stereocenters. The minimum atomic E-state index is -0.0180. The van der Waals surface area contributed by atoms with Crippen LogP contribution in [0.5, 0.6) is 5.75 Å². The van der Waals surface area contributed by atoms with Crippen LogP contribution in [-0.2, 0) is 4.79 Å². The van der Waals surface area contributed by atoms with Gasteiger partial charge in [0.2, 0.25) is 0 Å². The maximum absolute atomic E-state index is 11.9. The third-order valence-electron chi connectivity index (χ3n) is 3.56. The highest BCUT2D eigenvalue weighted by Gasteiger charge is 2.11. The van der Waals surface area contributed by atoms with Crippen molar-refractivity contribution < 1.29 is 14.8 Å². The van der Waals surface area contributed by atoms with Crippen LogP contribution in [0.2, 0.25) is 10.0 Å². The number of quaternary nitrogens is 1. The summed E-state index contributed by atoms with van der Waals surface area (Å²) in [5, 5.41) is 6.20. The van der Waals surface area contributed by atoms with Gasteiger partial charge < -0.3 is 15.4 Å². The van der Waals surface area contributed by atoms with E-state index in [0.717, 1.165) is 11.3 Å². The Labute approximate surface area is 152 Å². The van der Waals surface area contributed by atoms with Gasteiger partial charge in [-0.05, 0) is 43.3 Å². The molecule has 24 heavy (non-hydrogen) atoms. The van der Waals surface area contributed by atoms with E-state index in [1.54, 1.807) is 24.3 Å². The van der Waals surface area contributed by atoms with Gasteiger partial charge in [0.25, 0.3) is 5.91 Å². The Morgan fingerprint density at radius 3 is 2.29 bits per heavy atom. The van der Waals surface area contributed by atoms with Gasteiger partial charge in [-0.15, -0.1) is 0 Å². The van der Waals surface area contributed by atoms with E-state index in [1.807, 2.05) is 29.6 Å². The third-order valence-corrected chi connectivity index (χ3v) is 4.06. The van der Waals surface area contributed by atoms with E-state index in [2.05, 4.69) is 12.2 Å². The maximum atomic E-state index is 11.9. The summed E-state index contributed by atoms with van der Waals surface area (Å²) in [5.41, 5.74) is 1.14. The largest absolute Gasteiger partial charge is 0.492 e. The van der Waals surface area contributed by atoms with E-state index in [4.69, 9.17) is 27.9 Å².